The maximum atomic E-state index is 12.6. The second-order valence-electron chi connectivity index (χ2n) is 6.17. The summed E-state index contributed by atoms with van der Waals surface area (Å²) in [5.74, 6) is 1.56. The van der Waals surface area contributed by atoms with Crippen molar-refractivity contribution in [3.63, 3.8) is 0 Å². The van der Waals surface area contributed by atoms with Gasteiger partial charge in [-0.15, -0.1) is 0 Å². The van der Waals surface area contributed by atoms with Gasteiger partial charge >= 0.3 is 0 Å². The van der Waals surface area contributed by atoms with Crippen LogP contribution in [-0.2, 0) is 0 Å². The Morgan fingerprint density at radius 1 is 1.27 bits per heavy atom. The summed E-state index contributed by atoms with van der Waals surface area (Å²) in [6.07, 6.45) is 0. The predicted octanol–water partition coefficient (Wildman–Crippen LogP) is 2.33. The zero-order valence-electron chi connectivity index (χ0n) is 15.0. The van der Waals surface area contributed by atoms with Crippen LogP contribution in [0.4, 0.5) is 0 Å². The summed E-state index contributed by atoms with van der Waals surface area (Å²) in [5.41, 5.74) is 1.32. The minimum atomic E-state index is -0.0338. The van der Waals surface area contributed by atoms with E-state index in [0.29, 0.717) is 25.4 Å². The van der Waals surface area contributed by atoms with Crippen molar-refractivity contribution in [2.75, 3.05) is 46.4 Å². The molecule has 140 valence electrons. The number of hydrogen-bond donors (Lipinski definition) is 1. The molecule has 1 aromatic carbocycles. The maximum Gasteiger partial charge on any atom is 0.275 e. The number of nitrogens with zero attached hydrogens (tertiary/aromatic N) is 3. The molecular formula is C18H23BrN4O3. The fourth-order valence-electron chi connectivity index (χ4n) is 2.87. The highest BCUT2D eigenvalue weighted by atomic mass is 79.9. The highest BCUT2D eigenvalue weighted by Crippen LogP contribution is 2.21. The smallest absolute Gasteiger partial charge is 0.275 e. The van der Waals surface area contributed by atoms with Crippen LogP contribution < -0.4 is 9.47 Å². The third-order valence-electron chi connectivity index (χ3n) is 4.45. The number of piperazine rings is 1. The van der Waals surface area contributed by atoms with E-state index in [-0.39, 0.29) is 5.91 Å². The number of carbonyl (C=O) groups excluding carboxylic acids is 1. The molecule has 1 aliphatic rings. The standard InChI is InChI=1S/C18H23BrN4O3/c1-13-16(19)17(21-20-13)18(24)23-8-6-22(7-9-23)10-11-26-15-5-3-4-14(12-15)25-2/h3-5,12H,6-11H2,1-2H3,(H,20,21). The summed E-state index contributed by atoms with van der Waals surface area (Å²) in [4.78, 5) is 16.7. The molecule has 0 radical (unpaired) electrons. The first kappa shape index (κ1) is 18.7. The molecule has 26 heavy (non-hydrogen) atoms. The molecule has 1 N–H and O–H groups in total. The average molecular weight is 423 g/mol. The molecule has 0 saturated carbocycles. The van der Waals surface area contributed by atoms with Gasteiger partial charge in [0.25, 0.3) is 5.91 Å². The molecule has 1 aromatic heterocycles. The van der Waals surface area contributed by atoms with Crippen LogP contribution in [0.25, 0.3) is 0 Å². The lowest BCUT2D eigenvalue weighted by Crippen LogP contribution is -2.49. The van der Waals surface area contributed by atoms with Gasteiger partial charge in [0.2, 0.25) is 0 Å². The van der Waals surface area contributed by atoms with E-state index in [1.165, 1.54) is 0 Å². The quantitative estimate of drug-likeness (QED) is 0.773. The van der Waals surface area contributed by atoms with Crippen LogP contribution in [0.1, 0.15) is 16.2 Å². The Labute approximate surface area is 161 Å². The number of aromatic nitrogens is 2. The fraction of sp³-hybridized carbons (Fsp3) is 0.444. The molecule has 1 fully saturated rings. The van der Waals surface area contributed by atoms with Crippen LogP contribution in [0, 0.1) is 6.92 Å². The Hall–Kier alpha value is -2.06. The van der Waals surface area contributed by atoms with Crippen LogP contribution in [0.2, 0.25) is 0 Å². The molecule has 0 unspecified atom stereocenters. The average Bonchev–Trinajstić information content (AvgIpc) is 3.01. The molecule has 7 nitrogen and oxygen atoms in total. The van der Waals surface area contributed by atoms with Crippen LogP contribution in [0.5, 0.6) is 11.5 Å². The molecule has 0 bridgehead atoms. The number of halogens is 1. The van der Waals surface area contributed by atoms with Crippen LogP contribution in [0.3, 0.4) is 0 Å². The van der Waals surface area contributed by atoms with Gasteiger partial charge in [-0.2, -0.15) is 5.10 Å². The van der Waals surface area contributed by atoms with Gasteiger partial charge < -0.3 is 14.4 Å². The van der Waals surface area contributed by atoms with E-state index >= 15 is 0 Å². The highest BCUT2D eigenvalue weighted by molar-refractivity contribution is 9.10. The first-order valence-corrected chi connectivity index (χ1v) is 9.36. The molecule has 8 heteroatoms. The second-order valence-corrected chi connectivity index (χ2v) is 6.97. The van der Waals surface area contributed by atoms with Crippen molar-refractivity contribution in [3.8, 4) is 11.5 Å². The molecule has 3 rings (SSSR count). The highest BCUT2D eigenvalue weighted by Gasteiger charge is 2.25. The number of carbonyl (C=O) groups is 1. The second kappa shape index (κ2) is 8.55. The van der Waals surface area contributed by atoms with Crippen molar-refractivity contribution in [2.24, 2.45) is 0 Å². The first-order valence-electron chi connectivity index (χ1n) is 8.57. The summed E-state index contributed by atoms with van der Waals surface area (Å²) in [6, 6.07) is 7.60. The molecule has 2 aromatic rings. The number of amides is 1. The van der Waals surface area contributed by atoms with Crippen molar-refractivity contribution in [1.29, 1.82) is 0 Å². The molecule has 2 heterocycles. The van der Waals surface area contributed by atoms with Gasteiger partial charge in [0.1, 0.15) is 18.1 Å². The molecule has 1 aliphatic heterocycles. The summed E-state index contributed by atoms with van der Waals surface area (Å²) < 4.78 is 11.7. The minimum absolute atomic E-state index is 0.0338. The zero-order chi connectivity index (χ0) is 18.5. The number of hydrogen-bond acceptors (Lipinski definition) is 5. The monoisotopic (exact) mass is 422 g/mol. The van der Waals surface area contributed by atoms with Crippen molar-refractivity contribution in [1.82, 2.24) is 20.0 Å². The lowest BCUT2D eigenvalue weighted by Gasteiger charge is -2.34. The van der Waals surface area contributed by atoms with Crippen molar-refractivity contribution in [3.05, 3.63) is 40.1 Å². The summed E-state index contributed by atoms with van der Waals surface area (Å²) >= 11 is 3.42. The summed E-state index contributed by atoms with van der Waals surface area (Å²) in [6.45, 7) is 6.35. The Bertz CT molecular complexity index is 757. The maximum absolute atomic E-state index is 12.6. The van der Waals surface area contributed by atoms with Gasteiger partial charge in [-0.05, 0) is 35.0 Å². The van der Waals surface area contributed by atoms with Gasteiger partial charge in [0.15, 0.2) is 5.69 Å². The number of aromatic amines is 1. The largest absolute Gasteiger partial charge is 0.497 e. The fourth-order valence-corrected chi connectivity index (χ4v) is 3.21. The number of H-pyrrole nitrogens is 1. The lowest BCUT2D eigenvalue weighted by atomic mass is 10.2. The van der Waals surface area contributed by atoms with Gasteiger partial charge in [-0.25, -0.2) is 0 Å². The third kappa shape index (κ3) is 4.37. The Morgan fingerprint density at radius 3 is 2.65 bits per heavy atom. The van der Waals surface area contributed by atoms with Crippen molar-refractivity contribution in [2.45, 2.75) is 6.92 Å². The van der Waals surface area contributed by atoms with Gasteiger partial charge in [-0.3, -0.25) is 14.8 Å². The topological polar surface area (TPSA) is 70.7 Å². The Kier molecular flexibility index (Phi) is 6.16. The van der Waals surface area contributed by atoms with Crippen LogP contribution in [-0.4, -0.2) is 72.3 Å². The van der Waals surface area contributed by atoms with Gasteiger partial charge in [-0.1, -0.05) is 6.07 Å². The minimum Gasteiger partial charge on any atom is -0.497 e. The third-order valence-corrected chi connectivity index (χ3v) is 5.42. The summed E-state index contributed by atoms with van der Waals surface area (Å²) in [5, 5.41) is 6.94. The van der Waals surface area contributed by atoms with E-state index in [4.69, 9.17) is 9.47 Å². The Morgan fingerprint density at radius 2 is 2.00 bits per heavy atom. The number of aryl methyl sites for hydroxylation is 1. The van der Waals surface area contributed by atoms with E-state index in [1.807, 2.05) is 36.1 Å². The van der Waals surface area contributed by atoms with Crippen molar-refractivity contribution >= 4 is 21.8 Å². The number of rotatable bonds is 6. The van der Waals surface area contributed by atoms with E-state index in [9.17, 15) is 4.79 Å². The van der Waals surface area contributed by atoms with Gasteiger partial charge in [0.05, 0.1) is 11.6 Å². The normalized spacial score (nSPS) is 15.1. The van der Waals surface area contributed by atoms with Crippen LogP contribution in [0.15, 0.2) is 28.7 Å². The molecule has 1 amide bonds. The molecule has 0 aliphatic carbocycles. The molecular weight excluding hydrogens is 400 g/mol. The van der Waals surface area contributed by atoms with E-state index < -0.39 is 0 Å². The molecule has 1 saturated heterocycles. The van der Waals surface area contributed by atoms with Crippen LogP contribution >= 0.6 is 15.9 Å². The molecule has 0 spiro atoms. The number of nitrogens with one attached hydrogen (secondary N) is 1. The lowest BCUT2D eigenvalue weighted by molar-refractivity contribution is 0.0613. The number of ether oxygens (including phenoxy) is 2. The molecule has 0 atom stereocenters. The van der Waals surface area contributed by atoms with E-state index in [2.05, 4.69) is 31.0 Å². The number of methoxy groups -OCH3 is 1. The SMILES string of the molecule is COc1cccc(OCCN2CCN(C(=O)c3n[nH]c(C)c3Br)CC2)c1. The predicted molar refractivity (Wildman–Crippen MR) is 102 cm³/mol. The van der Waals surface area contributed by atoms with Gasteiger partial charge in [0, 0.05) is 44.5 Å². The summed E-state index contributed by atoms with van der Waals surface area (Å²) in [7, 11) is 1.64. The first-order chi connectivity index (χ1) is 12.6. The Balaban J connectivity index is 1.43. The van der Waals surface area contributed by atoms with Crippen molar-refractivity contribution < 1.29 is 14.3 Å². The zero-order valence-corrected chi connectivity index (χ0v) is 16.6. The number of benzene rings is 1. The van der Waals surface area contributed by atoms with E-state index in [1.54, 1.807) is 7.11 Å². The van der Waals surface area contributed by atoms with E-state index in [0.717, 1.165) is 41.3 Å².